The molecule has 5 heteroatoms. The molecule has 0 fully saturated rings. The number of amides is 1. The highest BCUT2D eigenvalue weighted by Crippen LogP contribution is 2.17. The lowest BCUT2D eigenvalue weighted by Crippen LogP contribution is -2.28. The first-order chi connectivity index (χ1) is 9.49. The summed E-state index contributed by atoms with van der Waals surface area (Å²) in [6.45, 7) is 5.31. The van der Waals surface area contributed by atoms with Crippen molar-refractivity contribution in [1.29, 1.82) is 0 Å². The molecular formula is C15H17FN2O2. The molecule has 1 heterocycles. The molecule has 0 spiro atoms. The van der Waals surface area contributed by atoms with Crippen LogP contribution in [0.25, 0.3) is 0 Å². The van der Waals surface area contributed by atoms with Crippen LogP contribution < -0.4 is 5.32 Å². The van der Waals surface area contributed by atoms with E-state index in [1.165, 1.54) is 6.07 Å². The minimum absolute atomic E-state index is 0.181. The first kappa shape index (κ1) is 14.2. The second-order valence-electron chi connectivity index (χ2n) is 4.79. The molecule has 1 aromatic heterocycles. The summed E-state index contributed by atoms with van der Waals surface area (Å²) in [5.41, 5.74) is 1.96. The summed E-state index contributed by atoms with van der Waals surface area (Å²) in [5.74, 6) is 0.129. The first-order valence-electron chi connectivity index (χ1n) is 6.44. The van der Waals surface area contributed by atoms with Crippen molar-refractivity contribution in [3.8, 4) is 0 Å². The largest absolute Gasteiger partial charge is 0.361 e. The molecule has 1 aromatic carbocycles. The Morgan fingerprint density at radius 3 is 2.70 bits per heavy atom. The summed E-state index contributed by atoms with van der Waals surface area (Å²) in [4.78, 5) is 12.0. The molecule has 0 unspecified atom stereocenters. The zero-order valence-electron chi connectivity index (χ0n) is 11.7. The number of hydrogen-bond donors (Lipinski definition) is 1. The van der Waals surface area contributed by atoms with E-state index in [0.717, 1.165) is 5.56 Å². The van der Waals surface area contributed by atoms with Gasteiger partial charge in [0.1, 0.15) is 11.6 Å². The van der Waals surface area contributed by atoms with Gasteiger partial charge in [-0.2, -0.15) is 0 Å². The number of benzene rings is 1. The number of nitrogens with zero attached hydrogens (tertiary/aromatic N) is 1. The van der Waals surface area contributed by atoms with Crippen molar-refractivity contribution in [2.45, 2.75) is 33.2 Å². The van der Waals surface area contributed by atoms with Crippen LogP contribution in [0.1, 0.15) is 35.5 Å². The average molecular weight is 276 g/mol. The summed E-state index contributed by atoms with van der Waals surface area (Å²) in [6, 6.07) is 6.03. The highest BCUT2D eigenvalue weighted by molar-refractivity contribution is 5.79. The highest BCUT2D eigenvalue weighted by atomic mass is 19.1. The van der Waals surface area contributed by atoms with Gasteiger partial charge in [0.05, 0.1) is 18.2 Å². The van der Waals surface area contributed by atoms with Gasteiger partial charge in [0.15, 0.2) is 0 Å². The maximum Gasteiger partial charge on any atom is 0.225 e. The second kappa shape index (κ2) is 5.86. The predicted molar refractivity (Wildman–Crippen MR) is 72.6 cm³/mol. The van der Waals surface area contributed by atoms with Crippen LogP contribution in [0.5, 0.6) is 0 Å². The van der Waals surface area contributed by atoms with Gasteiger partial charge in [0.25, 0.3) is 0 Å². The molecule has 1 N–H and O–H groups in total. The molecule has 0 aliphatic rings. The van der Waals surface area contributed by atoms with Gasteiger partial charge in [-0.25, -0.2) is 4.39 Å². The van der Waals surface area contributed by atoms with E-state index < -0.39 is 0 Å². The van der Waals surface area contributed by atoms with Gasteiger partial charge in [-0.3, -0.25) is 4.79 Å². The predicted octanol–water partition coefficient (Wildman–Crippen LogP) is 2.85. The normalized spacial score (nSPS) is 12.2. The van der Waals surface area contributed by atoms with Crippen molar-refractivity contribution in [3.63, 3.8) is 0 Å². The summed E-state index contributed by atoms with van der Waals surface area (Å²) in [7, 11) is 0. The molecule has 0 aliphatic carbocycles. The molecule has 0 saturated heterocycles. The molecule has 1 atom stereocenters. The van der Waals surface area contributed by atoms with Gasteiger partial charge in [-0.05, 0) is 26.8 Å². The van der Waals surface area contributed by atoms with E-state index >= 15 is 0 Å². The van der Waals surface area contributed by atoms with E-state index in [1.54, 1.807) is 39.0 Å². The van der Waals surface area contributed by atoms with Gasteiger partial charge < -0.3 is 9.84 Å². The van der Waals surface area contributed by atoms with Gasteiger partial charge in [0, 0.05) is 11.1 Å². The lowest BCUT2D eigenvalue weighted by atomic mass is 10.1. The number of halogens is 1. The molecule has 1 amide bonds. The first-order valence-corrected chi connectivity index (χ1v) is 6.44. The molecule has 106 valence electrons. The fraction of sp³-hybridized carbons (Fsp3) is 0.333. The maximum atomic E-state index is 13.6. The standard InChI is InChI=1S/C15H17FN2O2/c1-9(12-6-4-5-7-14(12)16)17-15(19)8-13-10(2)18-20-11(13)3/h4-7,9H,8H2,1-3H3,(H,17,19)/t9-/m1/s1. The third kappa shape index (κ3) is 3.04. The van der Waals surface area contributed by atoms with Gasteiger partial charge in [0.2, 0.25) is 5.91 Å². The van der Waals surface area contributed by atoms with Gasteiger partial charge >= 0.3 is 0 Å². The lowest BCUT2D eigenvalue weighted by molar-refractivity contribution is -0.121. The SMILES string of the molecule is Cc1noc(C)c1CC(=O)N[C@H](C)c1ccccc1F. The summed E-state index contributed by atoms with van der Waals surface area (Å²) in [6.07, 6.45) is 0.181. The molecule has 0 aliphatic heterocycles. The van der Waals surface area contributed by atoms with E-state index in [0.29, 0.717) is 17.0 Å². The quantitative estimate of drug-likeness (QED) is 0.934. The van der Waals surface area contributed by atoms with Crippen LogP contribution in [0.2, 0.25) is 0 Å². The lowest BCUT2D eigenvalue weighted by Gasteiger charge is -2.15. The van der Waals surface area contributed by atoms with E-state index in [9.17, 15) is 9.18 Å². The summed E-state index contributed by atoms with van der Waals surface area (Å²) < 4.78 is 18.6. The van der Waals surface area contributed by atoms with Crippen LogP contribution in [0, 0.1) is 19.7 Å². The van der Waals surface area contributed by atoms with Crippen LogP contribution >= 0.6 is 0 Å². The Morgan fingerprint density at radius 1 is 1.40 bits per heavy atom. The fourth-order valence-corrected chi connectivity index (χ4v) is 2.11. The van der Waals surface area contributed by atoms with E-state index in [4.69, 9.17) is 4.52 Å². The van der Waals surface area contributed by atoms with Crippen molar-refractivity contribution in [1.82, 2.24) is 10.5 Å². The molecule has 20 heavy (non-hydrogen) atoms. The minimum atomic E-state index is -0.385. The Hall–Kier alpha value is -2.17. The Labute approximate surface area is 117 Å². The Morgan fingerprint density at radius 2 is 2.10 bits per heavy atom. The van der Waals surface area contributed by atoms with Crippen LogP contribution in [-0.2, 0) is 11.2 Å². The number of carbonyl (C=O) groups is 1. The number of aryl methyl sites for hydroxylation is 2. The van der Waals surface area contributed by atoms with Crippen molar-refractivity contribution in [2.24, 2.45) is 0 Å². The van der Waals surface area contributed by atoms with Crippen molar-refractivity contribution < 1.29 is 13.7 Å². The van der Waals surface area contributed by atoms with Crippen molar-refractivity contribution >= 4 is 5.91 Å². The summed E-state index contributed by atoms with van der Waals surface area (Å²) >= 11 is 0. The average Bonchev–Trinajstić information content (AvgIpc) is 2.71. The molecule has 0 bridgehead atoms. The van der Waals surface area contributed by atoms with Crippen LogP contribution in [0.4, 0.5) is 4.39 Å². The Balaban J connectivity index is 2.04. The van der Waals surface area contributed by atoms with E-state index in [2.05, 4.69) is 10.5 Å². The number of aromatic nitrogens is 1. The second-order valence-corrected chi connectivity index (χ2v) is 4.79. The topological polar surface area (TPSA) is 55.1 Å². The van der Waals surface area contributed by atoms with Gasteiger partial charge in [-0.1, -0.05) is 23.4 Å². The van der Waals surface area contributed by atoms with E-state index in [1.807, 2.05) is 0 Å². The van der Waals surface area contributed by atoms with E-state index in [-0.39, 0.29) is 24.2 Å². The van der Waals surface area contributed by atoms with Crippen LogP contribution in [0.3, 0.4) is 0 Å². The zero-order valence-corrected chi connectivity index (χ0v) is 11.7. The van der Waals surface area contributed by atoms with Crippen LogP contribution in [0.15, 0.2) is 28.8 Å². The molecule has 0 radical (unpaired) electrons. The Kier molecular flexibility index (Phi) is 4.17. The molecule has 4 nitrogen and oxygen atoms in total. The minimum Gasteiger partial charge on any atom is -0.361 e. The van der Waals surface area contributed by atoms with Gasteiger partial charge in [-0.15, -0.1) is 0 Å². The molecule has 2 aromatic rings. The highest BCUT2D eigenvalue weighted by Gasteiger charge is 2.17. The Bertz CT molecular complexity index is 603. The molecule has 0 saturated carbocycles. The number of carbonyl (C=O) groups excluding carboxylic acids is 1. The summed E-state index contributed by atoms with van der Waals surface area (Å²) in [5, 5.41) is 6.59. The smallest absolute Gasteiger partial charge is 0.225 e. The van der Waals surface area contributed by atoms with Crippen molar-refractivity contribution in [3.05, 3.63) is 52.7 Å². The molecular weight excluding hydrogens is 259 g/mol. The van der Waals surface area contributed by atoms with Crippen LogP contribution in [-0.4, -0.2) is 11.1 Å². The zero-order chi connectivity index (χ0) is 14.7. The monoisotopic (exact) mass is 276 g/mol. The third-order valence-electron chi connectivity index (χ3n) is 3.27. The maximum absolute atomic E-state index is 13.6. The fourth-order valence-electron chi connectivity index (χ4n) is 2.11. The number of hydrogen-bond acceptors (Lipinski definition) is 3. The van der Waals surface area contributed by atoms with Crippen molar-refractivity contribution in [2.75, 3.05) is 0 Å². The number of nitrogens with one attached hydrogen (secondary N) is 1. The number of rotatable bonds is 4. The third-order valence-corrected chi connectivity index (χ3v) is 3.27. The molecule has 2 rings (SSSR count).